The number of hydrogen-bond acceptors (Lipinski definition) is 4. The van der Waals surface area contributed by atoms with E-state index in [0.717, 1.165) is 11.6 Å². The Morgan fingerprint density at radius 1 is 1.16 bits per heavy atom. The lowest BCUT2D eigenvalue weighted by molar-refractivity contribution is -0.118. The maximum atomic E-state index is 14.3. The van der Waals surface area contributed by atoms with E-state index in [4.69, 9.17) is 0 Å². The molecule has 2 aromatic carbocycles. The highest BCUT2D eigenvalue weighted by Crippen LogP contribution is 2.59. The Hall–Kier alpha value is -3.62. The van der Waals surface area contributed by atoms with Gasteiger partial charge in [-0.15, -0.1) is 10.2 Å². The van der Waals surface area contributed by atoms with Gasteiger partial charge >= 0.3 is 0 Å². The van der Waals surface area contributed by atoms with E-state index in [1.807, 2.05) is 37.3 Å². The molecule has 1 aliphatic carbocycles. The van der Waals surface area contributed by atoms with Gasteiger partial charge in [-0.2, -0.15) is 0 Å². The summed E-state index contributed by atoms with van der Waals surface area (Å²) in [5.41, 5.74) is 1.41. The molecular formula is C22H19F2N5O2. The summed E-state index contributed by atoms with van der Waals surface area (Å²) < 4.78 is 28.0. The third-order valence-electron chi connectivity index (χ3n) is 6.06. The number of hydrogen-bond donors (Lipinski definition) is 3. The second-order valence-corrected chi connectivity index (χ2v) is 8.04. The minimum atomic E-state index is -0.898. The van der Waals surface area contributed by atoms with E-state index in [0.29, 0.717) is 17.8 Å². The molecule has 158 valence electrons. The van der Waals surface area contributed by atoms with Crippen LogP contribution in [0.25, 0.3) is 0 Å². The van der Waals surface area contributed by atoms with Crippen molar-refractivity contribution in [2.24, 2.45) is 11.8 Å². The van der Waals surface area contributed by atoms with Crippen molar-refractivity contribution in [3.8, 4) is 0 Å². The van der Waals surface area contributed by atoms with Gasteiger partial charge in [-0.25, -0.2) is 8.78 Å². The van der Waals surface area contributed by atoms with Crippen LogP contribution >= 0.6 is 0 Å². The highest BCUT2D eigenvalue weighted by Gasteiger charge is 2.57. The zero-order chi connectivity index (χ0) is 21.7. The minimum Gasteiger partial charge on any atom is -0.337 e. The van der Waals surface area contributed by atoms with E-state index >= 15 is 0 Å². The van der Waals surface area contributed by atoms with Crippen LogP contribution in [0.15, 0.2) is 42.5 Å². The average molecular weight is 423 g/mol. The highest BCUT2D eigenvalue weighted by atomic mass is 19.1. The van der Waals surface area contributed by atoms with Gasteiger partial charge in [0.1, 0.15) is 23.5 Å². The van der Waals surface area contributed by atoms with Crippen molar-refractivity contribution in [2.75, 3.05) is 5.32 Å². The van der Waals surface area contributed by atoms with Crippen LogP contribution in [0, 0.1) is 23.5 Å². The van der Waals surface area contributed by atoms with E-state index in [2.05, 4.69) is 25.8 Å². The normalized spacial score (nSPS) is 23.9. The third-order valence-corrected chi connectivity index (χ3v) is 6.06. The van der Waals surface area contributed by atoms with Crippen LogP contribution in [0.4, 0.5) is 14.5 Å². The van der Waals surface area contributed by atoms with Gasteiger partial charge < -0.3 is 15.6 Å². The summed E-state index contributed by atoms with van der Waals surface area (Å²) in [5, 5.41) is 13.1. The summed E-state index contributed by atoms with van der Waals surface area (Å²) in [5.74, 6) is -2.65. The summed E-state index contributed by atoms with van der Waals surface area (Å²) in [7, 11) is 0. The Balaban J connectivity index is 1.34. The molecule has 2 heterocycles. The Labute approximate surface area is 176 Å². The van der Waals surface area contributed by atoms with E-state index in [9.17, 15) is 18.4 Å². The lowest BCUT2D eigenvalue weighted by atomic mass is 10.0. The molecule has 31 heavy (non-hydrogen) atoms. The second kappa shape index (κ2) is 7.26. The number of rotatable bonds is 4. The van der Waals surface area contributed by atoms with Gasteiger partial charge in [-0.1, -0.05) is 37.3 Å². The molecule has 4 atom stereocenters. The Morgan fingerprint density at radius 2 is 1.94 bits per heavy atom. The molecule has 1 aromatic heterocycles. The molecule has 5 rings (SSSR count). The van der Waals surface area contributed by atoms with Gasteiger partial charge in [0.15, 0.2) is 0 Å². The largest absolute Gasteiger partial charge is 0.337 e. The smallest absolute Gasteiger partial charge is 0.289 e. The van der Waals surface area contributed by atoms with E-state index in [-0.39, 0.29) is 29.3 Å². The first kappa shape index (κ1) is 19.3. The fourth-order valence-electron chi connectivity index (χ4n) is 4.50. The summed E-state index contributed by atoms with van der Waals surface area (Å²) in [6.45, 7) is 1.89. The zero-order valence-corrected chi connectivity index (χ0v) is 16.5. The Morgan fingerprint density at radius 3 is 2.71 bits per heavy atom. The number of anilines is 1. The molecule has 0 spiro atoms. The minimum absolute atomic E-state index is 0.0115. The molecular weight excluding hydrogens is 404 g/mol. The molecule has 7 nitrogen and oxygen atoms in total. The van der Waals surface area contributed by atoms with Gasteiger partial charge in [0.05, 0.1) is 5.69 Å². The molecule has 0 saturated heterocycles. The summed E-state index contributed by atoms with van der Waals surface area (Å²) in [6, 6.07) is 10.7. The van der Waals surface area contributed by atoms with Gasteiger partial charge in [0.2, 0.25) is 11.7 Å². The van der Waals surface area contributed by atoms with E-state index < -0.39 is 29.5 Å². The SMILES string of the molecule is C[C@H]1[C@H]2c3cc(F)cc(F)c3NC(=O)[C@@H](NC(=O)c3nnc(Cc4ccccc4)[nH]3)[C@@H]12. The molecule has 0 radical (unpaired) electrons. The predicted molar refractivity (Wildman–Crippen MR) is 107 cm³/mol. The summed E-state index contributed by atoms with van der Waals surface area (Å²) >= 11 is 0. The maximum Gasteiger partial charge on any atom is 0.289 e. The Kier molecular flexibility index (Phi) is 4.53. The van der Waals surface area contributed by atoms with Crippen molar-refractivity contribution in [1.29, 1.82) is 0 Å². The molecule has 0 bridgehead atoms. The van der Waals surface area contributed by atoms with Crippen LogP contribution in [0.3, 0.4) is 0 Å². The molecule has 2 aliphatic rings. The number of amides is 2. The van der Waals surface area contributed by atoms with Crippen molar-refractivity contribution >= 4 is 17.5 Å². The first-order valence-corrected chi connectivity index (χ1v) is 9.98. The molecule has 1 saturated carbocycles. The second-order valence-electron chi connectivity index (χ2n) is 8.04. The number of nitrogens with one attached hydrogen (secondary N) is 3. The van der Waals surface area contributed by atoms with Crippen LogP contribution in [0.5, 0.6) is 0 Å². The van der Waals surface area contributed by atoms with Crippen molar-refractivity contribution in [3.63, 3.8) is 0 Å². The Bertz CT molecular complexity index is 1180. The molecule has 9 heteroatoms. The maximum absolute atomic E-state index is 14.3. The van der Waals surface area contributed by atoms with E-state index in [1.165, 1.54) is 6.07 Å². The molecule has 2 amide bonds. The number of carbonyl (C=O) groups excluding carboxylic acids is 2. The van der Waals surface area contributed by atoms with Gasteiger partial charge in [-0.05, 0) is 34.9 Å². The molecule has 0 unspecified atom stereocenters. The first-order chi connectivity index (χ1) is 14.9. The van der Waals surface area contributed by atoms with Crippen molar-refractivity contribution in [1.82, 2.24) is 20.5 Å². The van der Waals surface area contributed by atoms with E-state index in [1.54, 1.807) is 0 Å². The summed E-state index contributed by atoms with van der Waals surface area (Å²) in [4.78, 5) is 28.4. The average Bonchev–Trinajstić information content (AvgIpc) is 3.20. The fourth-order valence-corrected chi connectivity index (χ4v) is 4.50. The predicted octanol–water partition coefficient (Wildman–Crippen LogP) is 2.77. The molecule has 3 N–H and O–H groups in total. The van der Waals surface area contributed by atoms with Gasteiger partial charge in [0, 0.05) is 12.5 Å². The summed E-state index contributed by atoms with van der Waals surface area (Å²) in [6.07, 6.45) is 0.479. The van der Waals surface area contributed by atoms with Crippen LogP contribution in [0.2, 0.25) is 0 Å². The van der Waals surface area contributed by atoms with Crippen LogP contribution in [-0.2, 0) is 11.2 Å². The zero-order valence-electron chi connectivity index (χ0n) is 16.5. The standard InChI is InChI=1S/C22H19F2N5O2/c1-10-16-13-8-12(23)9-14(24)18(13)26-21(30)19(17(10)16)27-22(31)20-25-15(28-29-20)7-11-5-3-2-4-6-11/h2-6,8-10,16-17,19H,7H2,1H3,(H,26,30)(H,27,31)(H,25,28,29)/t10-,16-,17-,19-/m0/s1. The molecule has 1 aliphatic heterocycles. The molecule has 3 aromatic rings. The number of halogens is 2. The van der Waals surface area contributed by atoms with Crippen LogP contribution in [0.1, 0.15) is 40.4 Å². The number of aromatic nitrogens is 3. The topological polar surface area (TPSA) is 99.8 Å². The van der Waals surface area contributed by atoms with Crippen molar-refractivity contribution in [3.05, 3.63) is 76.9 Å². The number of fused-ring (bicyclic) bond motifs is 3. The molecule has 1 fully saturated rings. The monoisotopic (exact) mass is 423 g/mol. The van der Waals surface area contributed by atoms with Gasteiger partial charge in [0.25, 0.3) is 5.91 Å². The fraction of sp³-hybridized carbons (Fsp3) is 0.273. The lowest BCUT2D eigenvalue weighted by Crippen LogP contribution is -2.45. The number of carbonyl (C=O) groups is 2. The lowest BCUT2D eigenvalue weighted by Gasteiger charge is -2.17. The van der Waals surface area contributed by atoms with Gasteiger partial charge in [-0.3, -0.25) is 9.59 Å². The van der Waals surface area contributed by atoms with Crippen molar-refractivity contribution < 1.29 is 18.4 Å². The number of benzene rings is 2. The number of H-pyrrole nitrogens is 1. The van der Waals surface area contributed by atoms with Crippen LogP contribution in [-0.4, -0.2) is 33.0 Å². The highest BCUT2D eigenvalue weighted by molar-refractivity contribution is 6.02. The number of nitrogens with zero attached hydrogens (tertiary/aromatic N) is 2. The third kappa shape index (κ3) is 3.45. The number of aromatic amines is 1. The first-order valence-electron chi connectivity index (χ1n) is 9.98. The van der Waals surface area contributed by atoms with Crippen molar-refractivity contribution in [2.45, 2.75) is 25.3 Å². The quantitative estimate of drug-likeness (QED) is 0.601. The van der Waals surface area contributed by atoms with Crippen LogP contribution < -0.4 is 10.6 Å².